The van der Waals surface area contributed by atoms with Crippen molar-refractivity contribution in [1.82, 2.24) is 5.32 Å². The predicted molar refractivity (Wildman–Crippen MR) is 71.0 cm³/mol. The summed E-state index contributed by atoms with van der Waals surface area (Å²) in [5, 5.41) is 12.3. The Morgan fingerprint density at radius 1 is 1.44 bits per heavy atom. The first kappa shape index (κ1) is 13.7. The molecule has 0 bridgehead atoms. The van der Waals surface area contributed by atoms with E-state index in [0.717, 1.165) is 25.9 Å². The smallest absolute Gasteiger partial charge is 0.0456 e. The van der Waals surface area contributed by atoms with Gasteiger partial charge in [-0.15, -0.1) is 11.3 Å². The highest BCUT2D eigenvalue weighted by atomic mass is 32.1. The molecule has 0 aliphatic rings. The van der Waals surface area contributed by atoms with Crippen molar-refractivity contribution >= 4 is 11.3 Å². The molecule has 0 aromatic carbocycles. The molecule has 1 rings (SSSR count). The average Bonchev–Trinajstić information content (AvgIpc) is 2.56. The number of nitrogens with one attached hydrogen (secondary N) is 1. The number of hydrogen-bond donors (Lipinski definition) is 2. The molecule has 16 heavy (non-hydrogen) atoms. The minimum absolute atomic E-state index is 0.308. The number of thiophene rings is 1. The van der Waals surface area contributed by atoms with E-state index in [4.69, 9.17) is 5.11 Å². The summed E-state index contributed by atoms with van der Waals surface area (Å²) in [6.45, 7) is 8.75. The second kappa shape index (κ2) is 7.05. The van der Waals surface area contributed by atoms with Gasteiger partial charge in [-0.25, -0.2) is 0 Å². The molecule has 0 amide bonds. The first-order valence-electron chi connectivity index (χ1n) is 6.01. The fraction of sp³-hybridized carbons (Fsp3) is 0.692. The first-order valence-corrected chi connectivity index (χ1v) is 6.82. The summed E-state index contributed by atoms with van der Waals surface area (Å²) in [5.41, 5.74) is 1.43. The predicted octanol–water partition coefficient (Wildman–Crippen LogP) is 2.86. The third-order valence-electron chi connectivity index (χ3n) is 2.82. The molecule has 1 aromatic heterocycles. The van der Waals surface area contributed by atoms with E-state index in [1.807, 2.05) is 11.3 Å². The van der Waals surface area contributed by atoms with Crippen LogP contribution in [0.2, 0.25) is 0 Å². The minimum atomic E-state index is 0.308. The lowest BCUT2D eigenvalue weighted by molar-refractivity contribution is 0.228. The quantitative estimate of drug-likeness (QED) is 0.719. The third kappa shape index (κ3) is 4.64. The minimum Gasteiger partial charge on any atom is -0.396 e. The lowest BCUT2D eigenvalue weighted by Crippen LogP contribution is -2.16. The summed E-state index contributed by atoms with van der Waals surface area (Å²) in [7, 11) is 0. The number of aliphatic hydroxyl groups excluding tert-OH is 1. The summed E-state index contributed by atoms with van der Waals surface area (Å²) >= 11 is 1.87. The Kier molecular flexibility index (Phi) is 6.03. The molecular weight excluding hydrogens is 218 g/mol. The molecule has 2 N–H and O–H groups in total. The van der Waals surface area contributed by atoms with E-state index in [9.17, 15) is 0 Å². The lowest BCUT2D eigenvalue weighted by atomic mass is 10.1. The molecule has 0 fully saturated rings. The van der Waals surface area contributed by atoms with Crippen LogP contribution in [0.25, 0.3) is 0 Å². The van der Waals surface area contributed by atoms with Crippen molar-refractivity contribution in [2.24, 2.45) is 5.92 Å². The lowest BCUT2D eigenvalue weighted by Gasteiger charge is -2.08. The van der Waals surface area contributed by atoms with Crippen LogP contribution >= 0.6 is 11.3 Å². The van der Waals surface area contributed by atoms with E-state index in [0.29, 0.717) is 12.5 Å². The van der Waals surface area contributed by atoms with Crippen LogP contribution in [0.15, 0.2) is 6.07 Å². The van der Waals surface area contributed by atoms with Gasteiger partial charge >= 0.3 is 0 Å². The maximum atomic E-state index is 8.89. The van der Waals surface area contributed by atoms with Gasteiger partial charge in [0.05, 0.1) is 0 Å². The fourth-order valence-electron chi connectivity index (χ4n) is 1.75. The van der Waals surface area contributed by atoms with Gasteiger partial charge in [-0.2, -0.15) is 0 Å². The second-order valence-corrected chi connectivity index (χ2v) is 6.01. The zero-order valence-electron chi connectivity index (χ0n) is 10.5. The Labute approximate surface area is 103 Å². The first-order chi connectivity index (χ1) is 7.63. The Balaban J connectivity index is 2.14. The normalized spacial score (nSPS) is 13.0. The van der Waals surface area contributed by atoms with Crippen molar-refractivity contribution in [3.8, 4) is 0 Å². The highest BCUT2D eigenvalue weighted by molar-refractivity contribution is 7.12. The van der Waals surface area contributed by atoms with Gasteiger partial charge in [-0.05, 0) is 50.8 Å². The maximum absolute atomic E-state index is 8.89. The van der Waals surface area contributed by atoms with E-state index < -0.39 is 0 Å². The van der Waals surface area contributed by atoms with Crippen LogP contribution in [-0.2, 0) is 6.54 Å². The standard InChI is InChI=1S/C13H23NOS/c1-10(9-15)5-4-6-14-8-13-7-11(2)16-12(13)3/h7,10,14-15H,4-6,8-9H2,1-3H3. The van der Waals surface area contributed by atoms with Crippen LogP contribution in [0.4, 0.5) is 0 Å². The Bertz CT molecular complexity index is 309. The van der Waals surface area contributed by atoms with E-state index in [1.165, 1.54) is 15.3 Å². The zero-order valence-corrected chi connectivity index (χ0v) is 11.4. The fourth-order valence-corrected chi connectivity index (χ4v) is 2.70. The van der Waals surface area contributed by atoms with Crippen molar-refractivity contribution < 1.29 is 5.11 Å². The van der Waals surface area contributed by atoms with Crippen LogP contribution in [0.1, 0.15) is 35.1 Å². The van der Waals surface area contributed by atoms with E-state index in [1.54, 1.807) is 0 Å². The molecule has 1 atom stereocenters. The van der Waals surface area contributed by atoms with Gasteiger partial charge in [0.25, 0.3) is 0 Å². The molecule has 92 valence electrons. The van der Waals surface area contributed by atoms with Crippen molar-refractivity contribution in [2.45, 2.75) is 40.2 Å². The zero-order chi connectivity index (χ0) is 12.0. The molecular formula is C13H23NOS. The van der Waals surface area contributed by atoms with Crippen molar-refractivity contribution in [1.29, 1.82) is 0 Å². The SMILES string of the molecule is Cc1cc(CNCCCC(C)CO)c(C)s1. The maximum Gasteiger partial charge on any atom is 0.0456 e. The van der Waals surface area contributed by atoms with E-state index >= 15 is 0 Å². The van der Waals surface area contributed by atoms with E-state index in [2.05, 4.69) is 32.2 Å². The van der Waals surface area contributed by atoms with Crippen LogP contribution in [0.5, 0.6) is 0 Å². The van der Waals surface area contributed by atoms with Crippen LogP contribution in [0, 0.1) is 19.8 Å². The average molecular weight is 241 g/mol. The summed E-state index contributed by atoms with van der Waals surface area (Å²) in [4.78, 5) is 2.82. The van der Waals surface area contributed by atoms with Crippen LogP contribution in [0.3, 0.4) is 0 Å². The molecule has 0 spiro atoms. The van der Waals surface area contributed by atoms with Gasteiger partial charge < -0.3 is 10.4 Å². The monoisotopic (exact) mass is 241 g/mol. The topological polar surface area (TPSA) is 32.3 Å². The highest BCUT2D eigenvalue weighted by Gasteiger charge is 2.02. The highest BCUT2D eigenvalue weighted by Crippen LogP contribution is 2.20. The Morgan fingerprint density at radius 2 is 2.19 bits per heavy atom. The Morgan fingerprint density at radius 3 is 2.75 bits per heavy atom. The van der Waals surface area contributed by atoms with Gasteiger partial charge in [0.2, 0.25) is 0 Å². The largest absolute Gasteiger partial charge is 0.396 e. The van der Waals surface area contributed by atoms with Gasteiger partial charge in [-0.3, -0.25) is 0 Å². The van der Waals surface area contributed by atoms with E-state index in [-0.39, 0.29) is 0 Å². The molecule has 1 aromatic rings. The summed E-state index contributed by atoms with van der Waals surface area (Å²) in [6.07, 6.45) is 2.25. The summed E-state index contributed by atoms with van der Waals surface area (Å²) < 4.78 is 0. The molecule has 0 aliphatic carbocycles. The van der Waals surface area contributed by atoms with Crippen molar-refractivity contribution in [3.05, 3.63) is 21.4 Å². The van der Waals surface area contributed by atoms with Gasteiger partial charge in [0, 0.05) is 22.9 Å². The summed E-state index contributed by atoms with van der Waals surface area (Å²) in [6, 6.07) is 2.27. The van der Waals surface area contributed by atoms with Gasteiger partial charge in [-0.1, -0.05) is 6.92 Å². The third-order valence-corrected chi connectivity index (χ3v) is 3.83. The van der Waals surface area contributed by atoms with Gasteiger partial charge in [0.1, 0.15) is 0 Å². The molecule has 0 saturated heterocycles. The van der Waals surface area contributed by atoms with Crippen LogP contribution in [-0.4, -0.2) is 18.3 Å². The van der Waals surface area contributed by atoms with Gasteiger partial charge in [0.15, 0.2) is 0 Å². The Hall–Kier alpha value is -0.380. The summed E-state index contributed by atoms with van der Waals surface area (Å²) in [5.74, 6) is 0.437. The molecule has 0 aliphatic heterocycles. The molecule has 2 nitrogen and oxygen atoms in total. The molecule has 1 heterocycles. The van der Waals surface area contributed by atoms with Crippen molar-refractivity contribution in [2.75, 3.05) is 13.2 Å². The van der Waals surface area contributed by atoms with Crippen molar-refractivity contribution in [3.63, 3.8) is 0 Å². The molecule has 0 radical (unpaired) electrons. The number of aliphatic hydroxyl groups is 1. The second-order valence-electron chi connectivity index (χ2n) is 4.55. The molecule has 1 unspecified atom stereocenters. The number of aryl methyl sites for hydroxylation is 2. The molecule has 3 heteroatoms. The number of hydrogen-bond acceptors (Lipinski definition) is 3. The number of rotatable bonds is 7. The van der Waals surface area contributed by atoms with Crippen LogP contribution < -0.4 is 5.32 Å². The molecule has 0 saturated carbocycles.